The first-order valence-electron chi connectivity index (χ1n) is 6.88. The van der Waals surface area contributed by atoms with E-state index in [0.29, 0.717) is 11.8 Å². The normalized spacial score (nSPS) is 29.5. The van der Waals surface area contributed by atoms with Gasteiger partial charge in [0.05, 0.1) is 6.10 Å². The van der Waals surface area contributed by atoms with Crippen molar-refractivity contribution in [1.82, 2.24) is 0 Å². The molecule has 0 aliphatic heterocycles. The molecule has 0 fully saturated rings. The molecule has 2 rings (SSSR count). The Bertz CT molecular complexity index is 478. The summed E-state index contributed by atoms with van der Waals surface area (Å²) < 4.78 is 16.6. The molecule has 3 nitrogen and oxygen atoms in total. The van der Waals surface area contributed by atoms with E-state index in [0.717, 1.165) is 6.42 Å². The molecule has 0 unspecified atom stereocenters. The Kier molecular flexibility index (Phi) is 6.82. The van der Waals surface area contributed by atoms with Gasteiger partial charge in [-0.15, -0.1) is 0 Å². The molecule has 20 heavy (non-hydrogen) atoms. The molecule has 110 valence electrons. The lowest BCUT2D eigenvalue weighted by atomic mass is 9.83. The average Bonchev–Trinajstić information content (AvgIpc) is 2.55. The molecule has 1 aromatic rings. The summed E-state index contributed by atoms with van der Waals surface area (Å²) in [7, 11) is 0. The van der Waals surface area contributed by atoms with Crippen molar-refractivity contribution < 1.29 is 13.5 Å². The molecule has 0 saturated heterocycles. The molecule has 0 aromatic heterocycles. The number of allylic oxidation sites excluding steroid dienone is 1. The van der Waals surface area contributed by atoms with Crippen molar-refractivity contribution >= 4 is 17.1 Å². The van der Waals surface area contributed by atoms with E-state index in [9.17, 15) is 5.11 Å². The zero-order valence-corrected chi connectivity index (χ0v) is 13.0. The molecule has 0 heterocycles. The van der Waals surface area contributed by atoms with Gasteiger partial charge in [-0.25, -0.2) is 0 Å². The van der Waals surface area contributed by atoms with E-state index in [4.69, 9.17) is 8.42 Å². The highest BCUT2D eigenvalue weighted by atomic mass is 32.1. The molecule has 0 saturated carbocycles. The van der Waals surface area contributed by atoms with Crippen molar-refractivity contribution in [3.63, 3.8) is 0 Å². The average molecular weight is 294 g/mol. The summed E-state index contributed by atoms with van der Waals surface area (Å²) in [6.07, 6.45) is 3.14. The van der Waals surface area contributed by atoms with Crippen LogP contribution in [0.2, 0.25) is 0 Å². The van der Waals surface area contributed by atoms with Crippen LogP contribution in [0.25, 0.3) is 5.57 Å². The van der Waals surface area contributed by atoms with E-state index in [1.807, 2.05) is 6.07 Å². The van der Waals surface area contributed by atoms with Crippen molar-refractivity contribution in [2.45, 2.75) is 33.3 Å². The Morgan fingerprint density at radius 1 is 1.10 bits per heavy atom. The lowest BCUT2D eigenvalue weighted by molar-refractivity contribution is 0.0647. The lowest BCUT2D eigenvalue weighted by Crippen LogP contribution is -2.28. The van der Waals surface area contributed by atoms with Gasteiger partial charge < -0.3 is 5.11 Å². The van der Waals surface area contributed by atoms with Crippen LogP contribution in [0.5, 0.6) is 0 Å². The highest BCUT2D eigenvalue weighted by molar-refractivity contribution is 7.51. The first-order chi connectivity index (χ1) is 9.52. The van der Waals surface area contributed by atoms with Crippen molar-refractivity contribution in [3.05, 3.63) is 42.0 Å². The van der Waals surface area contributed by atoms with Gasteiger partial charge in [0.1, 0.15) is 0 Å². The molecule has 1 aliphatic rings. The number of hydrogen-bond acceptors (Lipinski definition) is 3. The zero-order chi connectivity index (χ0) is 15.1. The third-order valence-corrected chi connectivity index (χ3v) is 4.26. The summed E-state index contributed by atoms with van der Waals surface area (Å²) in [6, 6.07) is 10.4. The Morgan fingerprint density at radius 2 is 1.65 bits per heavy atom. The van der Waals surface area contributed by atoms with E-state index in [-0.39, 0.29) is 12.0 Å². The fourth-order valence-electron chi connectivity index (χ4n) is 2.70. The summed E-state index contributed by atoms with van der Waals surface area (Å²) in [6.45, 7) is 6.52. The molecule has 0 radical (unpaired) electrons. The van der Waals surface area contributed by atoms with Gasteiger partial charge in [-0.05, 0) is 29.4 Å². The Labute approximate surface area is 124 Å². The SMILES string of the molecule is C[C@H]1[C@@H](O)[C@@H](C)C(c2ccccc2)=CC[C@@H]1C.O=S=O. The van der Waals surface area contributed by atoms with Gasteiger partial charge in [-0.2, -0.15) is 8.42 Å². The van der Waals surface area contributed by atoms with Gasteiger partial charge in [0, 0.05) is 5.92 Å². The largest absolute Gasteiger partial charge is 0.392 e. The highest BCUT2D eigenvalue weighted by Crippen LogP contribution is 2.36. The zero-order valence-electron chi connectivity index (χ0n) is 12.2. The second-order valence-electron chi connectivity index (χ2n) is 5.44. The standard InChI is InChI=1S/C16H22O.O2S/c1-11-9-10-15(13(3)16(17)12(11)2)14-7-5-4-6-8-14;1-3-2/h4-8,10-13,16-17H,9H2,1-3H3;/t11-,12+,13-,16+;/m0./s1. The fraction of sp³-hybridized carbons (Fsp3) is 0.500. The molecule has 0 spiro atoms. The maximum Gasteiger partial charge on any atom is 0.335 e. The van der Waals surface area contributed by atoms with E-state index < -0.39 is 11.6 Å². The minimum absolute atomic E-state index is 0.220. The van der Waals surface area contributed by atoms with Crippen molar-refractivity contribution in [2.75, 3.05) is 0 Å². The molecule has 4 atom stereocenters. The quantitative estimate of drug-likeness (QED) is 0.866. The van der Waals surface area contributed by atoms with Gasteiger partial charge >= 0.3 is 11.6 Å². The fourth-order valence-corrected chi connectivity index (χ4v) is 2.70. The maximum absolute atomic E-state index is 10.4. The monoisotopic (exact) mass is 294 g/mol. The van der Waals surface area contributed by atoms with Crippen LogP contribution in [0.1, 0.15) is 32.8 Å². The first kappa shape index (κ1) is 16.8. The van der Waals surface area contributed by atoms with Crippen molar-refractivity contribution in [2.24, 2.45) is 17.8 Å². The summed E-state index contributed by atoms with van der Waals surface area (Å²) >= 11 is -0.750. The Hall–Kier alpha value is -1.26. The van der Waals surface area contributed by atoms with E-state index in [1.165, 1.54) is 11.1 Å². The number of aliphatic hydroxyl groups is 1. The number of aliphatic hydroxyl groups excluding tert-OH is 1. The molecular weight excluding hydrogens is 272 g/mol. The van der Waals surface area contributed by atoms with Crippen molar-refractivity contribution in [1.29, 1.82) is 0 Å². The summed E-state index contributed by atoms with van der Waals surface area (Å²) in [5.74, 6) is 1.13. The van der Waals surface area contributed by atoms with Gasteiger partial charge in [-0.1, -0.05) is 57.2 Å². The lowest BCUT2D eigenvalue weighted by Gasteiger charge is -2.27. The highest BCUT2D eigenvalue weighted by Gasteiger charge is 2.30. The molecule has 1 N–H and O–H groups in total. The van der Waals surface area contributed by atoms with Crippen LogP contribution in [0.3, 0.4) is 0 Å². The smallest absolute Gasteiger partial charge is 0.335 e. The van der Waals surface area contributed by atoms with Crippen LogP contribution in [0.15, 0.2) is 36.4 Å². The van der Waals surface area contributed by atoms with Crippen LogP contribution in [0, 0.1) is 17.8 Å². The predicted molar refractivity (Wildman–Crippen MR) is 81.5 cm³/mol. The van der Waals surface area contributed by atoms with Gasteiger partial charge in [0.25, 0.3) is 0 Å². The van der Waals surface area contributed by atoms with Gasteiger partial charge in [-0.3, -0.25) is 0 Å². The second kappa shape index (κ2) is 8.12. The molecule has 0 bridgehead atoms. The summed E-state index contributed by atoms with van der Waals surface area (Å²) in [4.78, 5) is 0. The van der Waals surface area contributed by atoms with Crippen LogP contribution >= 0.6 is 0 Å². The predicted octanol–water partition coefficient (Wildman–Crippen LogP) is 3.07. The van der Waals surface area contributed by atoms with E-state index in [2.05, 4.69) is 51.1 Å². The molecular formula is C16H22O3S. The molecule has 1 aromatic carbocycles. The number of rotatable bonds is 1. The van der Waals surface area contributed by atoms with Crippen LogP contribution < -0.4 is 0 Å². The van der Waals surface area contributed by atoms with Gasteiger partial charge in [0.15, 0.2) is 0 Å². The molecule has 1 aliphatic carbocycles. The van der Waals surface area contributed by atoms with Crippen LogP contribution in [0.4, 0.5) is 0 Å². The Morgan fingerprint density at radius 3 is 2.20 bits per heavy atom. The summed E-state index contributed by atoms with van der Waals surface area (Å²) in [5, 5.41) is 10.4. The topological polar surface area (TPSA) is 54.4 Å². The molecule has 0 amide bonds. The third-order valence-electron chi connectivity index (χ3n) is 4.26. The number of benzene rings is 1. The maximum atomic E-state index is 10.4. The van der Waals surface area contributed by atoms with E-state index in [1.54, 1.807) is 0 Å². The van der Waals surface area contributed by atoms with Crippen LogP contribution in [-0.2, 0) is 11.6 Å². The minimum atomic E-state index is -0.750. The second-order valence-corrected chi connectivity index (χ2v) is 5.58. The minimum Gasteiger partial charge on any atom is -0.392 e. The van der Waals surface area contributed by atoms with Crippen molar-refractivity contribution in [3.8, 4) is 0 Å². The first-order valence-corrected chi connectivity index (χ1v) is 7.54. The Balaban J connectivity index is 0.000000612. The third kappa shape index (κ3) is 4.12. The van der Waals surface area contributed by atoms with E-state index >= 15 is 0 Å². The van der Waals surface area contributed by atoms with Crippen LogP contribution in [-0.4, -0.2) is 19.6 Å². The summed E-state index contributed by atoms with van der Waals surface area (Å²) in [5.41, 5.74) is 2.55. The molecule has 4 heteroatoms. The number of hydrogen-bond donors (Lipinski definition) is 1. The van der Waals surface area contributed by atoms with Gasteiger partial charge in [0.2, 0.25) is 0 Å².